The van der Waals surface area contributed by atoms with Crippen LogP contribution in [0, 0.1) is 0 Å². The summed E-state index contributed by atoms with van der Waals surface area (Å²) in [6.45, 7) is 0. The fourth-order valence-corrected chi connectivity index (χ4v) is 6.24. The van der Waals surface area contributed by atoms with Crippen molar-refractivity contribution in [3.8, 4) is 11.1 Å². The largest absolute Gasteiger partial charge is 0.308 e. The van der Waals surface area contributed by atoms with Gasteiger partial charge in [0.15, 0.2) is 0 Å². The Morgan fingerprint density at radius 1 is 0.326 bits per heavy atom. The van der Waals surface area contributed by atoms with Crippen LogP contribution in [0.3, 0.4) is 0 Å². The number of fused-ring (bicyclic) bond motifs is 2. The molecule has 0 spiro atoms. The molecule has 0 N–H and O–H groups in total. The number of nitrogens with zero attached hydrogens (tertiary/aromatic N) is 4. The van der Waals surface area contributed by atoms with E-state index in [9.17, 15) is 0 Å². The van der Waals surface area contributed by atoms with Crippen molar-refractivity contribution >= 4 is 55.7 Å². The van der Waals surface area contributed by atoms with Gasteiger partial charge in [0.2, 0.25) is 0 Å². The molecule has 8 aromatic rings. The van der Waals surface area contributed by atoms with E-state index in [1.54, 1.807) is 0 Å². The molecule has 0 unspecified atom stereocenters. The van der Waals surface area contributed by atoms with Crippen LogP contribution >= 0.6 is 0 Å². The third-order valence-corrected chi connectivity index (χ3v) is 8.41. The highest BCUT2D eigenvalue weighted by atomic mass is 15.2. The standard InChI is InChI=1S/C42H30N4/c1-3-15-39-33(9-1)11-5-17-41(39)45(37-13-7-27-43-29-37)35-23-19-31(20-24-35)32-21-25-36(26-22-32)46(38-14-8-28-44-30-38)42-18-6-12-34-10-2-4-16-40(34)42/h1-30H. The molecule has 2 heterocycles. The Hall–Kier alpha value is -6.26. The quantitative estimate of drug-likeness (QED) is 0.185. The minimum atomic E-state index is 1.01. The van der Waals surface area contributed by atoms with Gasteiger partial charge in [-0.25, -0.2) is 0 Å². The van der Waals surface area contributed by atoms with Gasteiger partial charge in [-0.2, -0.15) is 0 Å². The summed E-state index contributed by atoms with van der Waals surface area (Å²) in [7, 11) is 0. The molecule has 6 aromatic carbocycles. The molecule has 0 radical (unpaired) electrons. The van der Waals surface area contributed by atoms with E-state index in [0.717, 1.165) is 45.3 Å². The summed E-state index contributed by atoms with van der Waals surface area (Å²) in [4.78, 5) is 13.4. The van der Waals surface area contributed by atoms with Crippen molar-refractivity contribution in [3.63, 3.8) is 0 Å². The second kappa shape index (κ2) is 12.0. The molecular weight excluding hydrogens is 560 g/mol. The lowest BCUT2D eigenvalue weighted by Gasteiger charge is -2.27. The van der Waals surface area contributed by atoms with Crippen molar-refractivity contribution in [2.45, 2.75) is 0 Å². The lowest BCUT2D eigenvalue weighted by molar-refractivity contribution is 1.23. The molecule has 0 bridgehead atoms. The van der Waals surface area contributed by atoms with Crippen LogP contribution in [0.25, 0.3) is 32.7 Å². The maximum atomic E-state index is 4.44. The van der Waals surface area contributed by atoms with Gasteiger partial charge in [0, 0.05) is 34.5 Å². The number of aromatic nitrogens is 2. The lowest BCUT2D eigenvalue weighted by Crippen LogP contribution is -2.11. The van der Waals surface area contributed by atoms with E-state index in [2.05, 4.69) is 165 Å². The number of rotatable bonds is 7. The van der Waals surface area contributed by atoms with E-state index < -0.39 is 0 Å². The van der Waals surface area contributed by atoms with Crippen LogP contribution in [0.4, 0.5) is 34.1 Å². The SMILES string of the molecule is c1cncc(N(c2ccc(-c3ccc(N(c4cccnc4)c4cccc5ccccc45)cc3)cc2)c2cccc3ccccc23)c1. The predicted octanol–water partition coefficient (Wildman–Crippen LogP) is 11.4. The first kappa shape index (κ1) is 27.3. The van der Waals surface area contributed by atoms with Crippen LogP contribution in [0.2, 0.25) is 0 Å². The minimum Gasteiger partial charge on any atom is -0.308 e. The Morgan fingerprint density at radius 3 is 1.15 bits per heavy atom. The highest BCUT2D eigenvalue weighted by molar-refractivity contribution is 6.00. The van der Waals surface area contributed by atoms with E-state index in [1.165, 1.54) is 21.5 Å². The van der Waals surface area contributed by atoms with Crippen LogP contribution in [0.1, 0.15) is 0 Å². The molecule has 0 saturated carbocycles. The van der Waals surface area contributed by atoms with Gasteiger partial charge >= 0.3 is 0 Å². The highest BCUT2D eigenvalue weighted by Crippen LogP contribution is 2.41. The zero-order valence-electron chi connectivity index (χ0n) is 25.1. The molecule has 0 atom stereocenters. The van der Waals surface area contributed by atoms with Crippen molar-refractivity contribution in [2.75, 3.05) is 9.80 Å². The Labute approximate surface area is 268 Å². The fraction of sp³-hybridized carbons (Fsp3) is 0. The Balaban J connectivity index is 1.16. The first-order valence-corrected chi connectivity index (χ1v) is 15.4. The average Bonchev–Trinajstić information content (AvgIpc) is 3.14. The van der Waals surface area contributed by atoms with Gasteiger partial charge in [0.1, 0.15) is 0 Å². The maximum Gasteiger partial charge on any atom is 0.0645 e. The van der Waals surface area contributed by atoms with E-state index in [4.69, 9.17) is 0 Å². The lowest BCUT2D eigenvalue weighted by atomic mass is 10.0. The molecule has 0 aliphatic carbocycles. The Kier molecular flexibility index (Phi) is 7.14. The van der Waals surface area contributed by atoms with Gasteiger partial charge in [-0.3, -0.25) is 9.97 Å². The summed E-state index contributed by atoms with van der Waals surface area (Å²) < 4.78 is 0. The molecule has 2 aromatic heterocycles. The van der Waals surface area contributed by atoms with E-state index in [0.29, 0.717) is 0 Å². The summed E-state index contributed by atoms with van der Waals surface area (Å²) >= 11 is 0. The zero-order valence-corrected chi connectivity index (χ0v) is 25.1. The van der Waals surface area contributed by atoms with Crippen molar-refractivity contribution < 1.29 is 0 Å². The van der Waals surface area contributed by atoms with Crippen LogP contribution < -0.4 is 9.80 Å². The first-order valence-electron chi connectivity index (χ1n) is 15.4. The predicted molar refractivity (Wildman–Crippen MR) is 192 cm³/mol. The van der Waals surface area contributed by atoms with Gasteiger partial charge in [0.25, 0.3) is 0 Å². The Morgan fingerprint density at radius 2 is 0.739 bits per heavy atom. The van der Waals surface area contributed by atoms with Crippen molar-refractivity contribution in [1.29, 1.82) is 0 Å². The van der Waals surface area contributed by atoms with Crippen molar-refractivity contribution in [2.24, 2.45) is 0 Å². The van der Waals surface area contributed by atoms with Crippen molar-refractivity contribution in [3.05, 3.63) is 183 Å². The van der Waals surface area contributed by atoms with Gasteiger partial charge in [0.05, 0.1) is 35.1 Å². The number of hydrogen-bond acceptors (Lipinski definition) is 4. The third-order valence-electron chi connectivity index (χ3n) is 8.41. The topological polar surface area (TPSA) is 32.3 Å². The van der Waals surface area contributed by atoms with E-state index in [-0.39, 0.29) is 0 Å². The van der Waals surface area contributed by atoms with Gasteiger partial charge < -0.3 is 9.80 Å². The summed E-state index contributed by atoms with van der Waals surface area (Å²) in [6, 6.07) is 55.6. The fourth-order valence-electron chi connectivity index (χ4n) is 6.24. The number of pyridine rings is 2. The van der Waals surface area contributed by atoms with Gasteiger partial charge in [-0.15, -0.1) is 0 Å². The summed E-state index contributed by atoms with van der Waals surface area (Å²) in [5.74, 6) is 0. The summed E-state index contributed by atoms with van der Waals surface area (Å²) in [5, 5.41) is 4.79. The smallest absolute Gasteiger partial charge is 0.0645 e. The zero-order chi connectivity index (χ0) is 30.7. The second-order valence-electron chi connectivity index (χ2n) is 11.2. The molecule has 0 aliphatic rings. The van der Waals surface area contributed by atoms with Gasteiger partial charge in [-0.05, 0) is 82.6 Å². The van der Waals surface area contributed by atoms with Crippen LogP contribution in [-0.2, 0) is 0 Å². The molecule has 0 aliphatic heterocycles. The first-order chi connectivity index (χ1) is 22.8. The van der Waals surface area contributed by atoms with Crippen molar-refractivity contribution in [1.82, 2.24) is 9.97 Å². The number of hydrogen-bond donors (Lipinski definition) is 0. The van der Waals surface area contributed by atoms with E-state index in [1.807, 2.05) is 36.9 Å². The molecule has 218 valence electrons. The molecule has 46 heavy (non-hydrogen) atoms. The van der Waals surface area contributed by atoms with Gasteiger partial charge in [-0.1, -0.05) is 97.1 Å². The molecule has 4 nitrogen and oxygen atoms in total. The maximum absolute atomic E-state index is 4.44. The molecule has 0 saturated heterocycles. The van der Waals surface area contributed by atoms with Crippen LogP contribution in [0.5, 0.6) is 0 Å². The van der Waals surface area contributed by atoms with E-state index >= 15 is 0 Å². The highest BCUT2D eigenvalue weighted by Gasteiger charge is 2.17. The number of benzene rings is 6. The third kappa shape index (κ3) is 5.12. The molecule has 8 rings (SSSR count). The summed E-state index contributed by atoms with van der Waals surface area (Å²) in [6.07, 6.45) is 7.46. The molecular formula is C42H30N4. The van der Waals surface area contributed by atoms with Crippen LogP contribution in [0.15, 0.2) is 183 Å². The average molecular weight is 591 g/mol. The molecule has 0 fully saturated rings. The second-order valence-corrected chi connectivity index (χ2v) is 11.2. The summed E-state index contributed by atoms with van der Waals surface area (Å²) in [5.41, 5.74) is 8.71. The normalized spacial score (nSPS) is 11.0. The molecule has 0 amide bonds. The minimum absolute atomic E-state index is 1.01. The molecule has 4 heteroatoms. The Bertz CT molecular complexity index is 2070. The van der Waals surface area contributed by atoms with Crippen LogP contribution in [-0.4, -0.2) is 9.97 Å². The number of anilines is 6. The monoisotopic (exact) mass is 590 g/mol.